The summed E-state index contributed by atoms with van der Waals surface area (Å²) in [5.74, 6) is 0.846. The molecule has 3 aromatic heterocycles. The summed E-state index contributed by atoms with van der Waals surface area (Å²) in [6.45, 7) is 5.06. The van der Waals surface area contributed by atoms with Crippen LogP contribution < -0.4 is 4.90 Å². The van der Waals surface area contributed by atoms with Crippen LogP contribution in [0.4, 0.5) is 11.7 Å². The average molecular weight is 420 g/mol. The van der Waals surface area contributed by atoms with Crippen molar-refractivity contribution in [2.45, 2.75) is 26.8 Å². The molecule has 30 heavy (non-hydrogen) atoms. The molecule has 1 N–H and O–H groups in total. The highest BCUT2D eigenvalue weighted by molar-refractivity contribution is 7.10. The predicted octanol–water partition coefficient (Wildman–Crippen LogP) is 5.10. The fraction of sp³-hybridized carbons (Fsp3) is 0.261. The second-order valence-corrected chi connectivity index (χ2v) is 8.79. The largest absolute Gasteiger partial charge is 0.504 e. The number of Topliss-reactive ketones (excluding diaryl/α,β-unsaturated/α-hetero) is 1. The van der Waals surface area contributed by atoms with Gasteiger partial charge in [-0.15, -0.1) is 11.3 Å². The van der Waals surface area contributed by atoms with Gasteiger partial charge < -0.3 is 14.4 Å². The van der Waals surface area contributed by atoms with Gasteiger partial charge >= 0.3 is 0 Å². The van der Waals surface area contributed by atoms with E-state index >= 15 is 0 Å². The van der Waals surface area contributed by atoms with E-state index < -0.39 is 0 Å². The number of carbonyl (C=O) groups excluding carboxylic acids is 1. The van der Waals surface area contributed by atoms with E-state index in [0.29, 0.717) is 18.2 Å². The number of aromatic hydroxyl groups is 1. The molecule has 2 aliphatic rings. The molecule has 0 radical (unpaired) electrons. The van der Waals surface area contributed by atoms with Crippen LogP contribution in [0.25, 0.3) is 11.6 Å². The van der Waals surface area contributed by atoms with Crippen molar-refractivity contribution in [2.75, 3.05) is 11.4 Å². The van der Waals surface area contributed by atoms with Gasteiger partial charge in [0.15, 0.2) is 23.1 Å². The first kappa shape index (κ1) is 18.8. The molecule has 0 atom stereocenters. The van der Waals surface area contributed by atoms with E-state index in [2.05, 4.69) is 26.3 Å². The highest BCUT2D eigenvalue weighted by Crippen LogP contribution is 2.42. The Hall–Kier alpha value is -3.19. The van der Waals surface area contributed by atoms with Crippen LogP contribution >= 0.6 is 11.3 Å². The van der Waals surface area contributed by atoms with Gasteiger partial charge in [0.25, 0.3) is 0 Å². The van der Waals surface area contributed by atoms with E-state index in [1.165, 1.54) is 10.4 Å². The van der Waals surface area contributed by atoms with Crippen molar-refractivity contribution in [3.8, 4) is 5.75 Å². The molecule has 2 aliphatic heterocycles. The van der Waals surface area contributed by atoms with Gasteiger partial charge in [0.05, 0.1) is 6.54 Å². The minimum absolute atomic E-state index is 0.112. The Kier molecular flexibility index (Phi) is 4.55. The molecule has 0 fully saturated rings. The zero-order valence-electron chi connectivity index (χ0n) is 16.8. The van der Waals surface area contributed by atoms with Gasteiger partial charge in [-0.25, -0.2) is 9.98 Å². The van der Waals surface area contributed by atoms with Crippen molar-refractivity contribution >= 4 is 46.7 Å². The number of nitrogens with zero attached hydrogens (tertiary/aromatic N) is 3. The highest BCUT2D eigenvalue weighted by atomic mass is 32.1. The number of furan rings is 1. The second kappa shape index (κ2) is 7.25. The monoisotopic (exact) mass is 419 g/mol. The summed E-state index contributed by atoms with van der Waals surface area (Å²) in [6.07, 6.45) is 6.00. The van der Waals surface area contributed by atoms with Crippen LogP contribution in [0, 0.1) is 5.92 Å². The molecule has 0 unspecified atom stereocenters. The number of pyridine rings is 1. The third-order valence-electron chi connectivity index (χ3n) is 5.48. The number of hydrogen-bond donors (Lipinski definition) is 1. The predicted molar refractivity (Wildman–Crippen MR) is 119 cm³/mol. The molecular formula is C23H21N3O3S. The number of allylic oxidation sites excluding steroid dienone is 1. The van der Waals surface area contributed by atoms with Gasteiger partial charge in [-0.3, -0.25) is 4.79 Å². The number of rotatable bonds is 4. The number of fused-ring (bicyclic) bond motifs is 2. The molecule has 0 aliphatic carbocycles. The molecule has 0 amide bonds. The van der Waals surface area contributed by atoms with E-state index in [1.54, 1.807) is 29.8 Å². The maximum Gasteiger partial charge on any atom is 0.211 e. The van der Waals surface area contributed by atoms with Crippen LogP contribution in [0.15, 0.2) is 39.2 Å². The molecular weight excluding hydrogens is 398 g/mol. The Morgan fingerprint density at radius 1 is 1.37 bits per heavy atom. The molecule has 0 spiro atoms. The van der Waals surface area contributed by atoms with Gasteiger partial charge in [-0.1, -0.05) is 13.8 Å². The summed E-state index contributed by atoms with van der Waals surface area (Å²) < 4.78 is 6.13. The SMILES string of the molecule is CC(C)C(=O)c1c(N2CCc3ccsc3C2)oc(C=C2C=Nc3ncccc32)c1O. The average Bonchev–Trinajstić information content (AvgIpc) is 3.45. The Morgan fingerprint density at radius 2 is 2.23 bits per heavy atom. The number of carbonyl (C=O) groups is 1. The van der Waals surface area contributed by atoms with Gasteiger partial charge in [0.1, 0.15) is 5.56 Å². The van der Waals surface area contributed by atoms with Crippen LogP contribution in [0.3, 0.4) is 0 Å². The standard InChI is InChI=1S/C23H21N3O3S/c1-13(2)20(27)19-21(28)17(10-15-11-25-22-16(15)4-3-7-24-22)29-23(19)26-8-5-14-6-9-30-18(14)12-26/h3-4,6-7,9-11,13,28H,5,8,12H2,1-2H3. The molecule has 0 saturated heterocycles. The number of hydrogen-bond acceptors (Lipinski definition) is 7. The minimum Gasteiger partial charge on any atom is -0.504 e. The Bertz CT molecular complexity index is 1200. The van der Waals surface area contributed by atoms with Crippen LogP contribution in [0.5, 0.6) is 5.75 Å². The number of aromatic nitrogens is 1. The zero-order chi connectivity index (χ0) is 20.8. The quantitative estimate of drug-likeness (QED) is 0.595. The summed E-state index contributed by atoms with van der Waals surface area (Å²) >= 11 is 1.71. The molecule has 152 valence electrons. The van der Waals surface area contributed by atoms with Gasteiger partial charge in [-0.05, 0) is 41.6 Å². The summed E-state index contributed by atoms with van der Waals surface area (Å²) in [5, 5.41) is 13.1. The third kappa shape index (κ3) is 3.06. The lowest BCUT2D eigenvalue weighted by molar-refractivity contribution is 0.0937. The van der Waals surface area contributed by atoms with Crippen molar-refractivity contribution in [1.82, 2.24) is 4.98 Å². The Labute approximate surface area is 178 Å². The summed E-state index contributed by atoms with van der Waals surface area (Å²) in [5.41, 5.74) is 3.26. The first-order chi connectivity index (χ1) is 14.5. The highest BCUT2D eigenvalue weighted by Gasteiger charge is 2.32. The van der Waals surface area contributed by atoms with Crippen molar-refractivity contribution in [1.29, 1.82) is 0 Å². The first-order valence-corrected chi connectivity index (χ1v) is 10.8. The lowest BCUT2D eigenvalue weighted by Crippen LogP contribution is -2.30. The maximum atomic E-state index is 13.0. The molecule has 5 rings (SSSR count). The molecule has 5 heterocycles. The Balaban J connectivity index is 1.59. The summed E-state index contributed by atoms with van der Waals surface area (Å²) in [4.78, 5) is 24.8. The molecule has 6 nitrogen and oxygen atoms in total. The molecule has 0 saturated carbocycles. The normalized spacial score (nSPS) is 16.4. The third-order valence-corrected chi connectivity index (χ3v) is 6.43. The smallest absolute Gasteiger partial charge is 0.211 e. The van der Waals surface area contributed by atoms with E-state index in [9.17, 15) is 9.90 Å². The van der Waals surface area contributed by atoms with Crippen molar-refractivity contribution in [2.24, 2.45) is 10.9 Å². The van der Waals surface area contributed by atoms with Crippen molar-refractivity contribution in [3.63, 3.8) is 0 Å². The lowest BCUT2D eigenvalue weighted by atomic mass is 10.0. The number of ketones is 1. The number of anilines is 1. The first-order valence-electron chi connectivity index (χ1n) is 9.94. The van der Waals surface area contributed by atoms with E-state index in [-0.39, 0.29) is 28.8 Å². The van der Waals surface area contributed by atoms with Crippen molar-refractivity contribution in [3.05, 3.63) is 57.1 Å². The summed E-state index contributed by atoms with van der Waals surface area (Å²) in [6, 6.07) is 5.91. The molecule has 3 aromatic rings. The van der Waals surface area contributed by atoms with Gasteiger partial charge in [-0.2, -0.15) is 0 Å². The van der Waals surface area contributed by atoms with E-state index in [1.807, 2.05) is 26.0 Å². The van der Waals surface area contributed by atoms with Crippen LogP contribution in [0.2, 0.25) is 0 Å². The van der Waals surface area contributed by atoms with Gasteiger partial charge in [0.2, 0.25) is 5.88 Å². The minimum atomic E-state index is -0.257. The topological polar surface area (TPSA) is 78.9 Å². The van der Waals surface area contributed by atoms with Crippen LogP contribution in [-0.2, 0) is 13.0 Å². The van der Waals surface area contributed by atoms with Crippen LogP contribution in [-0.4, -0.2) is 28.6 Å². The zero-order valence-corrected chi connectivity index (χ0v) is 17.6. The fourth-order valence-corrected chi connectivity index (χ4v) is 4.80. The summed E-state index contributed by atoms with van der Waals surface area (Å²) in [7, 11) is 0. The van der Waals surface area contributed by atoms with Crippen molar-refractivity contribution < 1.29 is 14.3 Å². The van der Waals surface area contributed by atoms with E-state index in [0.717, 1.165) is 24.1 Å². The molecule has 0 bridgehead atoms. The maximum absolute atomic E-state index is 13.0. The fourth-order valence-electron chi connectivity index (χ4n) is 3.85. The Morgan fingerprint density at radius 3 is 3.07 bits per heavy atom. The number of aliphatic imine (C=N–C) groups is 1. The van der Waals surface area contributed by atoms with E-state index in [4.69, 9.17) is 4.42 Å². The van der Waals surface area contributed by atoms with Gasteiger partial charge in [0, 0.05) is 40.9 Å². The number of thiophene rings is 1. The molecule has 0 aromatic carbocycles. The second-order valence-electron chi connectivity index (χ2n) is 7.79. The lowest BCUT2D eigenvalue weighted by Gasteiger charge is -2.27. The van der Waals surface area contributed by atoms with Crippen LogP contribution in [0.1, 0.15) is 46.0 Å². The molecule has 7 heteroatoms.